The number of fused-ring (bicyclic) bond motifs is 7. The van der Waals surface area contributed by atoms with Crippen LogP contribution in [0.1, 0.15) is 65.8 Å². The van der Waals surface area contributed by atoms with Gasteiger partial charge in [0.25, 0.3) is 5.79 Å². The number of rotatable bonds is 3. The van der Waals surface area contributed by atoms with Crippen molar-refractivity contribution in [3.05, 3.63) is 28.3 Å². The van der Waals surface area contributed by atoms with Crippen molar-refractivity contribution in [3.63, 3.8) is 0 Å². The molecule has 3 saturated heterocycles. The molecule has 4 heterocycles. The molecule has 2 aromatic carbocycles. The lowest BCUT2D eigenvalue weighted by Crippen LogP contribution is -2.67. The van der Waals surface area contributed by atoms with Crippen LogP contribution in [0.2, 0.25) is 0 Å². The molecule has 0 saturated carbocycles. The Kier molecular flexibility index (Phi) is 3.96. The van der Waals surface area contributed by atoms with E-state index in [0.717, 1.165) is 23.1 Å². The van der Waals surface area contributed by atoms with Gasteiger partial charge in [0, 0.05) is 36.5 Å². The van der Waals surface area contributed by atoms with Crippen molar-refractivity contribution in [2.75, 3.05) is 20.8 Å². The molecule has 1 spiro atoms. The summed E-state index contributed by atoms with van der Waals surface area (Å²) in [6.07, 6.45) is 1.95. The number of ether oxygens (including phenoxy) is 6. The number of phenols is 1. The fourth-order valence-electron chi connectivity index (χ4n) is 6.87. The Labute approximate surface area is 197 Å². The molecule has 4 aliphatic heterocycles. The van der Waals surface area contributed by atoms with Gasteiger partial charge in [-0.25, -0.2) is 0 Å². The number of epoxide rings is 1. The molecule has 5 aliphatic rings. The van der Waals surface area contributed by atoms with Crippen LogP contribution in [0.15, 0.2) is 6.07 Å². The summed E-state index contributed by atoms with van der Waals surface area (Å²) in [5.74, 6) is -1.12. The van der Waals surface area contributed by atoms with Crippen LogP contribution in [-0.2, 0) is 25.4 Å². The average molecular weight is 469 g/mol. The summed E-state index contributed by atoms with van der Waals surface area (Å²) >= 11 is 0. The van der Waals surface area contributed by atoms with Gasteiger partial charge < -0.3 is 33.5 Å². The summed E-state index contributed by atoms with van der Waals surface area (Å²) in [5, 5.41) is 12.7. The second-order valence-electron chi connectivity index (χ2n) is 10.1. The minimum Gasteiger partial charge on any atom is -0.506 e. The summed E-state index contributed by atoms with van der Waals surface area (Å²) in [6.45, 7) is 4.51. The van der Waals surface area contributed by atoms with Gasteiger partial charge in [0.2, 0.25) is 0 Å². The van der Waals surface area contributed by atoms with Gasteiger partial charge in [0.1, 0.15) is 23.4 Å². The van der Waals surface area contributed by atoms with Crippen molar-refractivity contribution in [1.82, 2.24) is 0 Å². The fourth-order valence-corrected chi connectivity index (χ4v) is 6.87. The number of carbonyl (C=O) groups is 1. The molecule has 5 atom stereocenters. The molecular formula is C26H28O8. The second kappa shape index (κ2) is 6.43. The standard InChI is InChI=1S/C26H28O8/c1-5-25-10-24(11-31-24)26(30-4)23(34-25)22(32-25)16-12(2)9-14-18(21(16)33-26)19(28)17-13(20(14)29-3)7-6-8-15(17)27/h9,22-23,28H,5-8,10-11H2,1-4H3/t22?,23?,24-,25?,26+/m0/s1. The minimum absolute atomic E-state index is 0.0686. The Hall–Kier alpha value is -2.39. The van der Waals surface area contributed by atoms with Gasteiger partial charge in [0.15, 0.2) is 23.3 Å². The number of hydrogen-bond donors (Lipinski definition) is 1. The Bertz CT molecular complexity index is 1280. The van der Waals surface area contributed by atoms with Crippen LogP contribution in [0.5, 0.6) is 17.2 Å². The highest BCUT2D eigenvalue weighted by Gasteiger charge is 2.80. The van der Waals surface area contributed by atoms with E-state index in [2.05, 4.69) is 0 Å². The number of hydrogen-bond acceptors (Lipinski definition) is 8. The molecule has 34 heavy (non-hydrogen) atoms. The molecule has 8 nitrogen and oxygen atoms in total. The number of methoxy groups -OCH3 is 2. The number of carbonyl (C=O) groups excluding carboxylic acids is 1. The SMILES string of the molecule is CCC12C[C@]3(CO3)[C@]3(OC)Oc4c(c(C)cc5c(OC)c6c(c(O)c45)C(=O)CCC6)C(O1)C3O2. The molecule has 1 N–H and O–H groups in total. The molecule has 0 aromatic heterocycles. The second-order valence-corrected chi connectivity index (χ2v) is 10.1. The summed E-state index contributed by atoms with van der Waals surface area (Å²) in [5.41, 5.74) is 2.12. The summed E-state index contributed by atoms with van der Waals surface area (Å²) in [6, 6.07) is 1.99. The van der Waals surface area contributed by atoms with Crippen molar-refractivity contribution >= 4 is 16.6 Å². The molecule has 2 bridgehead atoms. The number of Topliss-reactive ketones (excluding diaryl/α,β-unsaturated/α-hetero) is 1. The van der Waals surface area contributed by atoms with E-state index >= 15 is 0 Å². The predicted octanol–water partition coefficient (Wildman–Crippen LogP) is 3.85. The van der Waals surface area contributed by atoms with Gasteiger partial charge in [-0.3, -0.25) is 4.79 Å². The molecule has 1 aliphatic carbocycles. The number of aryl methyl sites for hydroxylation is 1. The van der Waals surface area contributed by atoms with E-state index in [9.17, 15) is 9.90 Å². The molecule has 8 heteroatoms. The monoisotopic (exact) mass is 468 g/mol. The Morgan fingerprint density at radius 2 is 2.03 bits per heavy atom. The maximum absolute atomic E-state index is 12.9. The highest BCUT2D eigenvalue weighted by molar-refractivity contribution is 6.11. The fraction of sp³-hybridized carbons (Fsp3) is 0.577. The highest BCUT2D eigenvalue weighted by Crippen LogP contribution is 2.67. The number of ketones is 1. The smallest absolute Gasteiger partial charge is 0.271 e. The van der Waals surface area contributed by atoms with Crippen LogP contribution in [0.25, 0.3) is 10.8 Å². The van der Waals surface area contributed by atoms with Gasteiger partial charge in [-0.05, 0) is 37.8 Å². The molecule has 3 fully saturated rings. The first-order valence-electron chi connectivity index (χ1n) is 12.0. The zero-order valence-corrected chi connectivity index (χ0v) is 19.8. The number of phenolic OH excluding ortho intramolecular Hbond substituents is 1. The van der Waals surface area contributed by atoms with Crippen LogP contribution in [0.4, 0.5) is 0 Å². The Balaban J connectivity index is 1.58. The molecule has 0 radical (unpaired) electrons. The topological polar surface area (TPSA) is 96.0 Å². The molecule has 0 amide bonds. The first kappa shape index (κ1) is 20.9. The largest absolute Gasteiger partial charge is 0.506 e. The zero-order chi connectivity index (χ0) is 23.6. The van der Waals surface area contributed by atoms with E-state index in [1.807, 2.05) is 19.9 Å². The van der Waals surface area contributed by atoms with Crippen LogP contribution in [0, 0.1) is 6.92 Å². The zero-order valence-electron chi connectivity index (χ0n) is 19.8. The summed E-state index contributed by atoms with van der Waals surface area (Å²) in [4.78, 5) is 12.9. The molecule has 180 valence electrons. The lowest BCUT2D eigenvalue weighted by molar-refractivity contribution is -0.326. The molecule has 7 rings (SSSR count). The van der Waals surface area contributed by atoms with Gasteiger partial charge in [-0.1, -0.05) is 6.92 Å². The van der Waals surface area contributed by atoms with Crippen LogP contribution in [-0.4, -0.2) is 55.0 Å². The Morgan fingerprint density at radius 3 is 2.71 bits per heavy atom. The van der Waals surface area contributed by atoms with E-state index in [-0.39, 0.29) is 11.5 Å². The lowest BCUT2D eigenvalue weighted by atomic mass is 9.78. The van der Waals surface area contributed by atoms with Gasteiger partial charge in [-0.2, -0.15) is 0 Å². The van der Waals surface area contributed by atoms with Crippen LogP contribution < -0.4 is 9.47 Å². The maximum Gasteiger partial charge on any atom is 0.271 e. The van der Waals surface area contributed by atoms with Gasteiger partial charge in [0.05, 0.1) is 24.7 Å². The maximum atomic E-state index is 12.9. The minimum atomic E-state index is -1.24. The third-order valence-electron chi connectivity index (χ3n) is 8.53. The van der Waals surface area contributed by atoms with E-state index in [4.69, 9.17) is 28.4 Å². The van der Waals surface area contributed by atoms with Crippen molar-refractivity contribution in [1.29, 1.82) is 0 Å². The van der Waals surface area contributed by atoms with Crippen molar-refractivity contribution in [2.24, 2.45) is 0 Å². The molecule has 2 aromatic rings. The van der Waals surface area contributed by atoms with Crippen LogP contribution >= 0.6 is 0 Å². The Morgan fingerprint density at radius 1 is 1.24 bits per heavy atom. The van der Waals surface area contributed by atoms with Crippen LogP contribution in [0.3, 0.4) is 0 Å². The van der Waals surface area contributed by atoms with E-state index in [1.54, 1.807) is 14.2 Å². The van der Waals surface area contributed by atoms with E-state index in [0.29, 0.717) is 60.1 Å². The van der Waals surface area contributed by atoms with Crippen molar-refractivity contribution < 1.29 is 38.3 Å². The molecule has 3 unspecified atom stereocenters. The first-order chi connectivity index (χ1) is 16.3. The van der Waals surface area contributed by atoms with E-state index in [1.165, 1.54) is 0 Å². The number of benzene rings is 2. The third-order valence-corrected chi connectivity index (χ3v) is 8.53. The summed E-state index contributed by atoms with van der Waals surface area (Å²) in [7, 11) is 3.19. The number of aromatic hydroxyl groups is 1. The van der Waals surface area contributed by atoms with E-state index < -0.39 is 29.4 Å². The lowest BCUT2D eigenvalue weighted by Gasteiger charge is -2.49. The third kappa shape index (κ3) is 2.21. The van der Waals surface area contributed by atoms with Gasteiger partial charge >= 0.3 is 0 Å². The summed E-state index contributed by atoms with van der Waals surface area (Å²) < 4.78 is 37.8. The first-order valence-corrected chi connectivity index (χ1v) is 12.0. The highest BCUT2D eigenvalue weighted by atomic mass is 16.8. The average Bonchev–Trinajstić information content (AvgIpc) is 3.50. The predicted molar refractivity (Wildman–Crippen MR) is 120 cm³/mol. The quantitative estimate of drug-likeness (QED) is 0.679. The van der Waals surface area contributed by atoms with Crippen molar-refractivity contribution in [2.45, 2.75) is 75.3 Å². The molecular weight excluding hydrogens is 440 g/mol. The van der Waals surface area contributed by atoms with Gasteiger partial charge in [-0.15, -0.1) is 0 Å². The normalized spacial score (nSPS) is 36.9. The van der Waals surface area contributed by atoms with Crippen molar-refractivity contribution in [3.8, 4) is 17.2 Å².